The van der Waals surface area contributed by atoms with Crippen LogP contribution in [0.25, 0.3) is 0 Å². The van der Waals surface area contributed by atoms with E-state index in [1.54, 1.807) is 16.4 Å². The van der Waals surface area contributed by atoms with E-state index >= 15 is 0 Å². The molecule has 0 aliphatic heterocycles. The molecule has 3 atom stereocenters. The molecule has 0 fully saturated rings. The SMILES string of the molecule is Cc1ccc(S(=O)(=O)N(CC(C)C)C[C@H]2C=C[C@@H](C)C(c3ccccc3)C2)cc1. The van der Waals surface area contributed by atoms with Gasteiger partial charge in [-0.25, -0.2) is 8.42 Å². The van der Waals surface area contributed by atoms with Crippen LogP contribution in [0.3, 0.4) is 0 Å². The third kappa shape index (κ3) is 5.37. The standard InChI is InChI=1S/C25H33NO2S/c1-19(2)17-26(29(27,28)24-14-10-20(3)11-15-24)18-22-13-12-21(4)25(16-22)23-8-6-5-7-9-23/h5-15,19,21-22,25H,16-18H2,1-4H3/t21-,22+,25?/m1/s1. The van der Waals surface area contributed by atoms with E-state index in [1.807, 2.05) is 25.1 Å². The molecule has 156 valence electrons. The first-order valence-electron chi connectivity index (χ1n) is 10.6. The van der Waals surface area contributed by atoms with Gasteiger partial charge in [0.1, 0.15) is 0 Å². The minimum absolute atomic E-state index is 0.218. The van der Waals surface area contributed by atoms with Gasteiger partial charge >= 0.3 is 0 Å². The Morgan fingerprint density at radius 1 is 1.00 bits per heavy atom. The Morgan fingerprint density at radius 2 is 1.66 bits per heavy atom. The molecular weight excluding hydrogens is 378 g/mol. The first-order valence-corrected chi connectivity index (χ1v) is 12.0. The second kappa shape index (κ2) is 9.27. The number of sulfonamides is 1. The third-order valence-corrected chi connectivity index (χ3v) is 7.62. The van der Waals surface area contributed by atoms with Crippen LogP contribution in [0.15, 0.2) is 71.6 Å². The summed E-state index contributed by atoms with van der Waals surface area (Å²) in [5.41, 5.74) is 2.40. The van der Waals surface area contributed by atoms with Gasteiger partial charge in [0.15, 0.2) is 0 Å². The lowest BCUT2D eigenvalue weighted by Gasteiger charge is -2.33. The van der Waals surface area contributed by atoms with E-state index in [9.17, 15) is 8.42 Å². The summed E-state index contributed by atoms with van der Waals surface area (Å²) >= 11 is 0. The van der Waals surface area contributed by atoms with Crippen LogP contribution in [0.4, 0.5) is 0 Å². The topological polar surface area (TPSA) is 37.4 Å². The zero-order valence-corrected chi connectivity index (χ0v) is 18.8. The third-order valence-electron chi connectivity index (χ3n) is 5.77. The zero-order valence-electron chi connectivity index (χ0n) is 18.0. The number of hydrogen-bond acceptors (Lipinski definition) is 2. The van der Waals surface area contributed by atoms with Crippen molar-refractivity contribution in [1.82, 2.24) is 4.31 Å². The van der Waals surface area contributed by atoms with Crippen LogP contribution in [0.1, 0.15) is 44.2 Å². The molecule has 1 aliphatic rings. The van der Waals surface area contributed by atoms with Gasteiger partial charge in [-0.2, -0.15) is 4.31 Å². The normalized spacial score (nSPS) is 22.3. The van der Waals surface area contributed by atoms with Crippen molar-refractivity contribution in [2.75, 3.05) is 13.1 Å². The van der Waals surface area contributed by atoms with Crippen molar-refractivity contribution >= 4 is 10.0 Å². The highest BCUT2D eigenvalue weighted by Crippen LogP contribution is 2.37. The second-order valence-electron chi connectivity index (χ2n) is 8.79. The van der Waals surface area contributed by atoms with Gasteiger partial charge in [-0.3, -0.25) is 0 Å². The Labute approximate surface area is 176 Å². The fourth-order valence-electron chi connectivity index (χ4n) is 4.16. The van der Waals surface area contributed by atoms with E-state index in [2.05, 4.69) is 57.2 Å². The molecule has 1 unspecified atom stereocenters. The molecular formula is C25H33NO2S. The minimum atomic E-state index is -3.51. The van der Waals surface area contributed by atoms with Crippen LogP contribution < -0.4 is 0 Å². The summed E-state index contributed by atoms with van der Waals surface area (Å²) in [6, 6.07) is 17.8. The molecule has 0 heterocycles. The number of nitrogens with zero attached hydrogens (tertiary/aromatic N) is 1. The molecule has 3 nitrogen and oxygen atoms in total. The molecule has 0 bridgehead atoms. The van der Waals surface area contributed by atoms with E-state index in [0.717, 1.165) is 12.0 Å². The lowest BCUT2D eigenvalue weighted by atomic mass is 9.76. The van der Waals surface area contributed by atoms with Crippen molar-refractivity contribution < 1.29 is 8.42 Å². The molecule has 2 aromatic rings. The van der Waals surface area contributed by atoms with Crippen LogP contribution in [-0.2, 0) is 10.0 Å². The average molecular weight is 412 g/mol. The van der Waals surface area contributed by atoms with Crippen molar-refractivity contribution in [3.63, 3.8) is 0 Å². The maximum absolute atomic E-state index is 13.4. The van der Waals surface area contributed by atoms with Gasteiger partial charge in [-0.1, -0.05) is 81.0 Å². The summed E-state index contributed by atoms with van der Waals surface area (Å²) in [7, 11) is -3.51. The number of benzene rings is 2. The quantitative estimate of drug-likeness (QED) is 0.553. The fourth-order valence-corrected chi connectivity index (χ4v) is 5.82. The molecule has 29 heavy (non-hydrogen) atoms. The molecule has 3 rings (SSSR count). The number of aryl methyl sites for hydroxylation is 1. The average Bonchev–Trinajstić information content (AvgIpc) is 2.69. The minimum Gasteiger partial charge on any atom is -0.207 e. The van der Waals surface area contributed by atoms with Crippen LogP contribution >= 0.6 is 0 Å². The first-order chi connectivity index (χ1) is 13.8. The van der Waals surface area contributed by atoms with Crippen LogP contribution in [0, 0.1) is 24.7 Å². The molecule has 0 saturated carbocycles. The highest BCUT2D eigenvalue weighted by Gasteiger charge is 2.31. The summed E-state index contributed by atoms with van der Waals surface area (Å²) in [5, 5.41) is 0. The van der Waals surface area contributed by atoms with Crippen molar-refractivity contribution in [2.24, 2.45) is 17.8 Å². The van der Waals surface area contributed by atoms with Gasteiger partial charge in [-0.15, -0.1) is 0 Å². The van der Waals surface area contributed by atoms with Crippen molar-refractivity contribution in [3.8, 4) is 0 Å². The highest BCUT2D eigenvalue weighted by molar-refractivity contribution is 7.89. The molecule has 1 aliphatic carbocycles. The molecule has 0 N–H and O–H groups in total. The molecule has 0 amide bonds. The van der Waals surface area contributed by atoms with E-state index < -0.39 is 10.0 Å². The predicted octanol–water partition coefficient (Wildman–Crippen LogP) is 5.64. The summed E-state index contributed by atoms with van der Waals surface area (Å²) < 4.78 is 28.4. The smallest absolute Gasteiger partial charge is 0.207 e. The number of allylic oxidation sites excluding steroid dienone is 1. The Bertz CT molecular complexity index is 917. The Hall–Kier alpha value is -1.91. The van der Waals surface area contributed by atoms with Gasteiger partial charge < -0.3 is 0 Å². The molecule has 4 heteroatoms. The lowest BCUT2D eigenvalue weighted by molar-refractivity contribution is 0.304. The second-order valence-corrected chi connectivity index (χ2v) is 10.7. The van der Waals surface area contributed by atoms with Crippen molar-refractivity contribution in [1.29, 1.82) is 0 Å². The summed E-state index contributed by atoms with van der Waals surface area (Å²) in [5.74, 6) is 1.37. The number of rotatable bonds is 7. The van der Waals surface area contributed by atoms with E-state index in [-0.39, 0.29) is 11.8 Å². The largest absolute Gasteiger partial charge is 0.243 e. The van der Waals surface area contributed by atoms with Crippen LogP contribution in [-0.4, -0.2) is 25.8 Å². The predicted molar refractivity (Wildman–Crippen MR) is 120 cm³/mol. The van der Waals surface area contributed by atoms with Crippen molar-refractivity contribution in [3.05, 3.63) is 77.9 Å². The highest BCUT2D eigenvalue weighted by atomic mass is 32.2. The molecule has 0 aromatic heterocycles. The van der Waals surface area contributed by atoms with E-state index in [1.165, 1.54) is 5.56 Å². The fraction of sp³-hybridized carbons (Fsp3) is 0.440. The first kappa shape index (κ1) is 21.8. The Kier molecular flexibility index (Phi) is 6.97. The molecule has 0 radical (unpaired) electrons. The van der Waals surface area contributed by atoms with Gasteiger partial charge in [0.2, 0.25) is 10.0 Å². The summed E-state index contributed by atoms with van der Waals surface area (Å²) in [6.45, 7) is 9.43. The number of hydrogen-bond donors (Lipinski definition) is 0. The molecule has 0 spiro atoms. The monoisotopic (exact) mass is 411 g/mol. The Balaban J connectivity index is 1.83. The summed E-state index contributed by atoms with van der Waals surface area (Å²) in [4.78, 5) is 0.386. The summed E-state index contributed by atoms with van der Waals surface area (Å²) in [6.07, 6.45) is 5.46. The zero-order chi connectivity index (χ0) is 21.0. The van der Waals surface area contributed by atoms with Gasteiger partial charge in [-0.05, 0) is 54.7 Å². The Morgan fingerprint density at radius 3 is 2.28 bits per heavy atom. The lowest BCUT2D eigenvalue weighted by Crippen LogP contribution is -2.38. The van der Waals surface area contributed by atoms with Gasteiger partial charge in [0.25, 0.3) is 0 Å². The maximum atomic E-state index is 13.4. The van der Waals surface area contributed by atoms with Crippen molar-refractivity contribution in [2.45, 2.75) is 44.9 Å². The van der Waals surface area contributed by atoms with E-state index in [0.29, 0.717) is 29.8 Å². The van der Waals surface area contributed by atoms with E-state index in [4.69, 9.17) is 0 Å². The van der Waals surface area contributed by atoms with Gasteiger partial charge in [0.05, 0.1) is 4.90 Å². The van der Waals surface area contributed by atoms with Gasteiger partial charge in [0, 0.05) is 13.1 Å². The van der Waals surface area contributed by atoms with Crippen LogP contribution in [0.2, 0.25) is 0 Å². The van der Waals surface area contributed by atoms with Crippen LogP contribution in [0.5, 0.6) is 0 Å². The molecule has 2 aromatic carbocycles. The molecule has 0 saturated heterocycles. The maximum Gasteiger partial charge on any atom is 0.243 e.